The topological polar surface area (TPSA) is 29.3 Å². The van der Waals surface area contributed by atoms with Crippen molar-refractivity contribution in [2.24, 2.45) is 0 Å². The van der Waals surface area contributed by atoms with E-state index >= 15 is 0 Å². The Morgan fingerprint density at radius 2 is 2.17 bits per heavy atom. The summed E-state index contributed by atoms with van der Waals surface area (Å²) in [5.74, 6) is 0. The fraction of sp³-hybridized carbons (Fsp3) is 0.286. The van der Waals surface area contributed by atoms with Crippen LogP contribution in [0, 0.1) is 0 Å². The minimum Gasteiger partial charge on any atom is -0.397 e. The fourth-order valence-electron chi connectivity index (χ4n) is 1.92. The molecule has 96 valence electrons. The van der Waals surface area contributed by atoms with Gasteiger partial charge in [-0.15, -0.1) is 11.3 Å². The minimum absolute atomic E-state index is 0.417. The van der Waals surface area contributed by atoms with Gasteiger partial charge in [-0.1, -0.05) is 22.0 Å². The van der Waals surface area contributed by atoms with Crippen LogP contribution in [-0.2, 0) is 6.42 Å². The van der Waals surface area contributed by atoms with Crippen LogP contribution in [0.5, 0.6) is 0 Å². The quantitative estimate of drug-likeness (QED) is 0.855. The standard InChI is InChI=1S/C14H17BrN2S/c1-10(8-12-4-3-7-18-12)17(2)14-9-11(15)5-6-13(14)16/h3-7,9-10H,8,16H2,1-2H3. The molecule has 0 aliphatic rings. The van der Waals surface area contributed by atoms with Crippen molar-refractivity contribution in [3.8, 4) is 0 Å². The van der Waals surface area contributed by atoms with Crippen LogP contribution >= 0.6 is 27.3 Å². The molecule has 0 amide bonds. The molecule has 18 heavy (non-hydrogen) atoms. The molecule has 1 aromatic heterocycles. The second kappa shape index (κ2) is 5.76. The molecule has 1 heterocycles. The first-order valence-electron chi connectivity index (χ1n) is 5.88. The van der Waals surface area contributed by atoms with E-state index in [1.165, 1.54) is 4.88 Å². The number of anilines is 2. The van der Waals surface area contributed by atoms with Crippen LogP contribution in [-0.4, -0.2) is 13.1 Å². The summed E-state index contributed by atoms with van der Waals surface area (Å²) in [6, 6.07) is 10.7. The van der Waals surface area contributed by atoms with Gasteiger partial charge in [0.05, 0.1) is 11.4 Å². The Labute approximate surface area is 121 Å². The highest BCUT2D eigenvalue weighted by Crippen LogP contribution is 2.28. The van der Waals surface area contributed by atoms with Gasteiger partial charge in [0.15, 0.2) is 0 Å². The Balaban J connectivity index is 2.14. The van der Waals surface area contributed by atoms with Crippen LogP contribution in [0.25, 0.3) is 0 Å². The second-order valence-corrected chi connectivity index (χ2v) is 6.39. The van der Waals surface area contributed by atoms with E-state index in [-0.39, 0.29) is 0 Å². The lowest BCUT2D eigenvalue weighted by Gasteiger charge is -2.28. The van der Waals surface area contributed by atoms with Crippen molar-refractivity contribution in [3.05, 3.63) is 45.1 Å². The normalized spacial score (nSPS) is 12.4. The van der Waals surface area contributed by atoms with Gasteiger partial charge in [0.1, 0.15) is 0 Å². The summed E-state index contributed by atoms with van der Waals surface area (Å²) < 4.78 is 1.06. The summed E-state index contributed by atoms with van der Waals surface area (Å²) in [7, 11) is 2.09. The van der Waals surface area contributed by atoms with Crippen LogP contribution in [0.2, 0.25) is 0 Å². The number of nitrogen functional groups attached to an aromatic ring is 1. The van der Waals surface area contributed by atoms with Crippen molar-refractivity contribution in [1.82, 2.24) is 0 Å². The molecular formula is C14H17BrN2S. The van der Waals surface area contributed by atoms with Crippen LogP contribution in [0.1, 0.15) is 11.8 Å². The SMILES string of the molecule is CC(Cc1cccs1)N(C)c1cc(Br)ccc1N. The van der Waals surface area contributed by atoms with Gasteiger partial charge < -0.3 is 10.6 Å². The first-order valence-corrected chi connectivity index (χ1v) is 7.55. The predicted octanol–water partition coefficient (Wildman–Crippen LogP) is 4.16. The zero-order valence-electron chi connectivity index (χ0n) is 10.6. The Kier molecular flexibility index (Phi) is 4.30. The summed E-state index contributed by atoms with van der Waals surface area (Å²) in [5, 5.41) is 2.12. The highest BCUT2D eigenvalue weighted by atomic mass is 79.9. The molecule has 2 N–H and O–H groups in total. The second-order valence-electron chi connectivity index (χ2n) is 4.45. The van der Waals surface area contributed by atoms with Gasteiger partial charge in [0, 0.05) is 28.9 Å². The van der Waals surface area contributed by atoms with Crippen molar-refractivity contribution in [1.29, 1.82) is 0 Å². The summed E-state index contributed by atoms with van der Waals surface area (Å²) in [5.41, 5.74) is 7.94. The lowest BCUT2D eigenvalue weighted by Crippen LogP contribution is -2.31. The smallest absolute Gasteiger partial charge is 0.0611 e. The maximum atomic E-state index is 6.04. The van der Waals surface area contributed by atoms with Crippen LogP contribution in [0.15, 0.2) is 40.2 Å². The maximum Gasteiger partial charge on any atom is 0.0611 e. The molecule has 4 heteroatoms. The Morgan fingerprint density at radius 1 is 1.39 bits per heavy atom. The molecule has 1 unspecified atom stereocenters. The molecule has 2 nitrogen and oxygen atoms in total. The lowest BCUT2D eigenvalue weighted by molar-refractivity contribution is 0.689. The van der Waals surface area contributed by atoms with Gasteiger partial charge in [-0.25, -0.2) is 0 Å². The Bertz CT molecular complexity index is 511. The van der Waals surface area contributed by atoms with E-state index in [9.17, 15) is 0 Å². The van der Waals surface area contributed by atoms with E-state index in [2.05, 4.69) is 58.4 Å². The van der Waals surface area contributed by atoms with E-state index in [1.54, 1.807) is 11.3 Å². The molecule has 0 fully saturated rings. The summed E-state index contributed by atoms with van der Waals surface area (Å²) in [4.78, 5) is 3.64. The van der Waals surface area contributed by atoms with Gasteiger partial charge in [-0.05, 0) is 36.6 Å². The first kappa shape index (κ1) is 13.4. The number of rotatable bonds is 4. The third-order valence-electron chi connectivity index (χ3n) is 3.11. The molecule has 0 saturated heterocycles. The first-order chi connectivity index (χ1) is 8.58. The molecule has 1 aromatic carbocycles. The third kappa shape index (κ3) is 3.06. The molecule has 0 spiro atoms. The van der Waals surface area contributed by atoms with Crippen LogP contribution in [0.4, 0.5) is 11.4 Å². The molecule has 0 bridgehead atoms. The van der Waals surface area contributed by atoms with Gasteiger partial charge in [-0.2, -0.15) is 0 Å². The zero-order valence-corrected chi connectivity index (χ0v) is 13.0. The third-order valence-corrected chi connectivity index (χ3v) is 4.50. The molecule has 2 rings (SSSR count). The van der Waals surface area contributed by atoms with E-state index < -0.39 is 0 Å². The summed E-state index contributed by atoms with van der Waals surface area (Å²) in [6.07, 6.45) is 1.04. The molecular weight excluding hydrogens is 308 g/mol. The van der Waals surface area contributed by atoms with Gasteiger partial charge in [0.2, 0.25) is 0 Å². The number of nitrogens with two attached hydrogens (primary N) is 1. The van der Waals surface area contributed by atoms with Crippen molar-refractivity contribution in [2.75, 3.05) is 17.7 Å². The van der Waals surface area contributed by atoms with Crippen molar-refractivity contribution in [3.63, 3.8) is 0 Å². The van der Waals surface area contributed by atoms with Gasteiger partial charge >= 0.3 is 0 Å². The largest absolute Gasteiger partial charge is 0.397 e. The van der Waals surface area contributed by atoms with Gasteiger partial charge in [-0.3, -0.25) is 0 Å². The average Bonchev–Trinajstić information content (AvgIpc) is 2.84. The van der Waals surface area contributed by atoms with Crippen molar-refractivity contribution in [2.45, 2.75) is 19.4 Å². The number of benzene rings is 1. The number of hydrogen-bond acceptors (Lipinski definition) is 3. The molecule has 0 aliphatic heterocycles. The van der Waals surface area contributed by atoms with Crippen LogP contribution < -0.4 is 10.6 Å². The zero-order chi connectivity index (χ0) is 13.1. The molecule has 0 aliphatic carbocycles. The summed E-state index contributed by atoms with van der Waals surface area (Å²) >= 11 is 5.30. The molecule has 0 saturated carbocycles. The number of nitrogens with zero attached hydrogens (tertiary/aromatic N) is 1. The molecule has 1 atom stereocenters. The molecule has 2 aromatic rings. The molecule has 0 radical (unpaired) electrons. The van der Waals surface area contributed by atoms with Crippen molar-refractivity contribution >= 4 is 38.6 Å². The lowest BCUT2D eigenvalue weighted by atomic mass is 10.1. The van der Waals surface area contributed by atoms with E-state index in [1.807, 2.05) is 12.1 Å². The monoisotopic (exact) mass is 324 g/mol. The predicted molar refractivity (Wildman–Crippen MR) is 84.4 cm³/mol. The number of hydrogen-bond donors (Lipinski definition) is 1. The van der Waals surface area contributed by atoms with Crippen molar-refractivity contribution < 1.29 is 0 Å². The minimum atomic E-state index is 0.417. The fourth-order valence-corrected chi connectivity index (χ4v) is 3.09. The number of likely N-dealkylation sites (N-methyl/N-ethyl adjacent to an activating group) is 1. The highest BCUT2D eigenvalue weighted by molar-refractivity contribution is 9.10. The summed E-state index contributed by atoms with van der Waals surface area (Å²) in [6.45, 7) is 2.22. The Morgan fingerprint density at radius 3 is 2.83 bits per heavy atom. The highest BCUT2D eigenvalue weighted by Gasteiger charge is 2.14. The average molecular weight is 325 g/mol. The number of thiophene rings is 1. The van der Waals surface area contributed by atoms with E-state index in [4.69, 9.17) is 5.73 Å². The Hall–Kier alpha value is -1.00. The van der Waals surface area contributed by atoms with Gasteiger partial charge in [0.25, 0.3) is 0 Å². The van der Waals surface area contributed by atoms with E-state index in [0.29, 0.717) is 6.04 Å². The number of halogens is 1. The van der Waals surface area contributed by atoms with Crippen LogP contribution in [0.3, 0.4) is 0 Å². The maximum absolute atomic E-state index is 6.04. The van der Waals surface area contributed by atoms with E-state index in [0.717, 1.165) is 22.3 Å².